The van der Waals surface area contributed by atoms with Crippen molar-refractivity contribution in [1.82, 2.24) is 5.32 Å². The number of hydrogen-bond donors (Lipinski definition) is 1. The molecule has 0 bridgehead atoms. The minimum atomic E-state index is -0.191. The zero-order valence-corrected chi connectivity index (χ0v) is 10.8. The minimum absolute atomic E-state index is 0.148. The second-order valence-electron chi connectivity index (χ2n) is 4.10. The van der Waals surface area contributed by atoms with Crippen molar-refractivity contribution in [3.8, 4) is 0 Å². The third-order valence-corrected chi connectivity index (χ3v) is 3.41. The van der Waals surface area contributed by atoms with Gasteiger partial charge in [0.15, 0.2) is 0 Å². The first-order chi connectivity index (χ1) is 7.70. The molecule has 0 heterocycles. The summed E-state index contributed by atoms with van der Waals surface area (Å²) in [5.41, 5.74) is 2.36. The highest BCUT2D eigenvalue weighted by Crippen LogP contribution is 2.31. The maximum Gasteiger partial charge on any atom is 0.124 e. The molecule has 0 aliphatic heterocycles. The van der Waals surface area contributed by atoms with Crippen LogP contribution in [0.4, 0.5) is 4.39 Å². The van der Waals surface area contributed by atoms with Crippen LogP contribution in [-0.4, -0.2) is 7.05 Å². The van der Waals surface area contributed by atoms with Crippen molar-refractivity contribution in [3.05, 3.63) is 45.7 Å². The second-order valence-corrected chi connectivity index (χ2v) is 5.01. The summed E-state index contributed by atoms with van der Waals surface area (Å²) in [6.07, 6.45) is 5.73. The van der Waals surface area contributed by atoms with Crippen LogP contribution in [-0.2, 0) is 0 Å². The van der Waals surface area contributed by atoms with Gasteiger partial charge in [0.25, 0.3) is 0 Å². The highest BCUT2D eigenvalue weighted by atomic mass is 79.9. The molecule has 1 nitrogen and oxygen atoms in total. The molecular formula is C13H15BrFN. The largest absolute Gasteiger partial charge is 0.310 e. The van der Waals surface area contributed by atoms with E-state index < -0.39 is 0 Å². The number of benzene rings is 1. The van der Waals surface area contributed by atoms with Crippen molar-refractivity contribution >= 4 is 15.9 Å². The van der Waals surface area contributed by atoms with E-state index in [1.807, 2.05) is 13.1 Å². The van der Waals surface area contributed by atoms with Crippen molar-refractivity contribution < 1.29 is 4.39 Å². The Bertz CT molecular complexity index is 394. The number of allylic oxidation sites excluding steroid dienone is 1. The van der Waals surface area contributed by atoms with Gasteiger partial charge in [-0.25, -0.2) is 4.39 Å². The molecule has 1 aliphatic rings. The zero-order chi connectivity index (χ0) is 11.5. The van der Waals surface area contributed by atoms with Gasteiger partial charge < -0.3 is 5.32 Å². The lowest BCUT2D eigenvalue weighted by Crippen LogP contribution is -2.18. The standard InChI is InChI=1S/C13H15BrFN/c1-16-13(9-4-2-3-5-9)10-6-11(14)8-12(15)7-10/h4,6-8,13,16H,2-3,5H2,1H3. The van der Waals surface area contributed by atoms with E-state index in [2.05, 4.69) is 27.3 Å². The van der Waals surface area contributed by atoms with Gasteiger partial charge >= 0.3 is 0 Å². The highest BCUT2D eigenvalue weighted by Gasteiger charge is 2.18. The van der Waals surface area contributed by atoms with Gasteiger partial charge in [-0.05, 0) is 50.1 Å². The van der Waals surface area contributed by atoms with Crippen molar-refractivity contribution in [2.24, 2.45) is 0 Å². The molecule has 0 saturated heterocycles. The first-order valence-electron chi connectivity index (χ1n) is 5.53. The zero-order valence-electron chi connectivity index (χ0n) is 9.26. The average molecular weight is 284 g/mol. The van der Waals surface area contributed by atoms with Crippen LogP contribution in [0.25, 0.3) is 0 Å². The summed E-state index contributed by atoms with van der Waals surface area (Å²) in [6, 6.07) is 5.21. The first-order valence-corrected chi connectivity index (χ1v) is 6.32. The van der Waals surface area contributed by atoms with Gasteiger partial charge in [0, 0.05) is 4.47 Å². The summed E-state index contributed by atoms with van der Waals surface area (Å²) in [4.78, 5) is 0. The van der Waals surface area contributed by atoms with Crippen LogP contribution >= 0.6 is 15.9 Å². The average Bonchev–Trinajstić information content (AvgIpc) is 2.70. The van der Waals surface area contributed by atoms with E-state index in [0.29, 0.717) is 0 Å². The van der Waals surface area contributed by atoms with Crippen LogP contribution < -0.4 is 5.32 Å². The van der Waals surface area contributed by atoms with Crippen molar-refractivity contribution in [1.29, 1.82) is 0 Å². The molecule has 1 unspecified atom stereocenters. The maximum atomic E-state index is 13.3. The highest BCUT2D eigenvalue weighted by molar-refractivity contribution is 9.10. The predicted octanol–water partition coefficient (Wildman–Crippen LogP) is 3.96. The molecule has 0 aromatic heterocycles. The van der Waals surface area contributed by atoms with E-state index in [0.717, 1.165) is 22.9 Å². The van der Waals surface area contributed by atoms with Crippen LogP contribution in [0, 0.1) is 5.82 Å². The summed E-state index contributed by atoms with van der Waals surface area (Å²) in [5, 5.41) is 3.26. The van der Waals surface area contributed by atoms with E-state index >= 15 is 0 Å². The molecule has 0 fully saturated rings. The van der Waals surface area contributed by atoms with Crippen molar-refractivity contribution in [3.63, 3.8) is 0 Å². The fourth-order valence-electron chi connectivity index (χ4n) is 2.27. The molecule has 0 amide bonds. The van der Waals surface area contributed by atoms with Crippen LogP contribution in [0.1, 0.15) is 30.9 Å². The Hall–Kier alpha value is -0.670. The first kappa shape index (κ1) is 11.8. The SMILES string of the molecule is CNC(C1=CCCC1)c1cc(F)cc(Br)c1. The van der Waals surface area contributed by atoms with Gasteiger partial charge in [-0.2, -0.15) is 0 Å². The summed E-state index contributed by atoms with van der Waals surface area (Å²) in [7, 11) is 1.92. The fourth-order valence-corrected chi connectivity index (χ4v) is 2.75. The molecule has 1 aliphatic carbocycles. The molecule has 1 N–H and O–H groups in total. The van der Waals surface area contributed by atoms with Gasteiger partial charge in [-0.1, -0.05) is 27.6 Å². The normalized spacial score (nSPS) is 17.3. The molecular weight excluding hydrogens is 269 g/mol. The molecule has 1 atom stereocenters. The number of hydrogen-bond acceptors (Lipinski definition) is 1. The molecule has 1 aromatic carbocycles. The molecule has 0 saturated carbocycles. The number of nitrogens with one attached hydrogen (secondary N) is 1. The summed E-state index contributed by atoms with van der Waals surface area (Å²) in [6.45, 7) is 0. The predicted molar refractivity (Wildman–Crippen MR) is 67.8 cm³/mol. The van der Waals surface area contributed by atoms with Crippen LogP contribution in [0.3, 0.4) is 0 Å². The molecule has 16 heavy (non-hydrogen) atoms. The fraction of sp³-hybridized carbons (Fsp3) is 0.385. The van der Waals surface area contributed by atoms with E-state index in [9.17, 15) is 4.39 Å². The maximum absolute atomic E-state index is 13.3. The molecule has 3 heteroatoms. The van der Waals surface area contributed by atoms with E-state index in [-0.39, 0.29) is 11.9 Å². The quantitative estimate of drug-likeness (QED) is 0.828. The Morgan fingerprint density at radius 3 is 2.75 bits per heavy atom. The van der Waals surface area contributed by atoms with Gasteiger partial charge in [-0.3, -0.25) is 0 Å². The van der Waals surface area contributed by atoms with Crippen LogP contribution in [0.2, 0.25) is 0 Å². The van der Waals surface area contributed by atoms with Crippen molar-refractivity contribution in [2.45, 2.75) is 25.3 Å². The topological polar surface area (TPSA) is 12.0 Å². The second kappa shape index (κ2) is 5.11. The van der Waals surface area contributed by atoms with E-state index in [1.165, 1.54) is 18.1 Å². The lowest BCUT2D eigenvalue weighted by atomic mass is 9.98. The lowest BCUT2D eigenvalue weighted by Gasteiger charge is -2.18. The number of halogens is 2. The minimum Gasteiger partial charge on any atom is -0.310 e. The van der Waals surface area contributed by atoms with E-state index in [4.69, 9.17) is 0 Å². The molecule has 1 aromatic rings. The van der Waals surface area contributed by atoms with Crippen LogP contribution in [0.15, 0.2) is 34.3 Å². The summed E-state index contributed by atoms with van der Waals surface area (Å²) >= 11 is 3.33. The number of rotatable bonds is 3. The smallest absolute Gasteiger partial charge is 0.124 e. The van der Waals surface area contributed by atoms with Crippen LogP contribution in [0.5, 0.6) is 0 Å². The van der Waals surface area contributed by atoms with Gasteiger partial charge in [0.05, 0.1) is 6.04 Å². The summed E-state index contributed by atoms with van der Waals surface area (Å²) < 4.78 is 14.1. The Labute approximate surface area is 104 Å². The Kier molecular flexibility index (Phi) is 3.77. The third kappa shape index (κ3) is 2.53. The Balaban J connectivity index is 2.32. The van der Waals surface area contributed by atoms with Gasteiger partial charge in [-0.15, -0.1) is 0 Å². The molecule has 0 radical (unpaired) electrons. The molecule has 86 valence electrons. The summed E-state index contributed by atoms with van der Waals surface area (Å²) in [5.74, 6) is -0.191. The third-order valence-electron chi connectivity index (χ3n) is 2.95. The van der Waals surface area contributed by atoms with E-state index in [1.54, 1.807) is 6.07 Å². The molecule has 2 rings (SSSR count). The lowest BCUT2D eigenvalue weighted by molar-refractivity contribution is 0.610. The Morgan fingerprint density at radius 2 is 2.19 bits per heavy atom. The number of likely N-dealkylation sites (N-methyl/N-ethyl adjacent to an activating group) is 1. The monoisotopic (exact) mass is 283 g/mol. The molecule has 0 spiro atoms. The van der Waals surface area contributed by atoms with Crippen molar-refractivity contribution in [2.75, 3.05) is 7.05 Å². The van der Waals surface area contributed by atoms with Gasteiger partial charge in [0.1, 0.15) is 5.82 Å². The Morgan fingerprint density at radius 1 is 1.38 bits per heavy atom. The van der Waals surface area contributed by atoms with Gasteiger partial charge in [0.2, 0.25) is 0 Å².